The maximum atomic E-state index is 12.8. The molecule has 4 aromatic rings. The van der Waals surface area contributed by atoms with Gasteiger partial charge in [-0.3, -0.25) is 4.79 Å². The zero-order valence-electron chi connectivity index (χ0n) is 22.0. The van der Waals surface area contributed by atoms with E-state index in [1.165, 1.54) is 5.56 Å². The van der Waals surface area contributed by atoms with Gasteiger partial charge in [-0.1, -0.05) is 35.9 Å². The number of benzene rings is 3. The fourth-order valence-corrected chi connectivity index (χ4v) is 4.29. The molecular weight excluding hydrogens is 466 g/mol. The van der Waals surface area contributed by atoms with Crippen LogP contribution in [0.4, 0.5) is 0 Å². The van der Waals surface area contributed by atoms with Gasteiger partial charge in [0.25, 0.3) is 0 Å². The molecule has 0 spiro atoms. The Hall–Kier alpha value is -4.19. The van der Waals surface area contributed by atoms with Crippen LogP contribution < -0.4 is 19.5 Å². The van der Waals surface area contributed by atoms with E-state index >= 15 is 0 Å². The van der Waals surface area contributed by atoms with Crippen LogP contribution in [-0.2, 0) is 11.2 Å². The summed E-state index contributed by atoms with van der Waals surface area (Å²) in [6.07, 6.45) is 4.06. The van der Waals surface area contributed by atoms with E-state index in [9.17, 15) is 4.79 Å². The van der Waals surface area contributed by atoms with Gasteiger partial charge in [0.05, 0.1) is 27.1 Å². The summed E-state index contributed by atoms with van der Waals surface area (Å²) in [4.78, 5) is 12.8. The van der Waals surface area contributed by atoms with Crippen molar-refractivity contribution >= 4 is 22.4 Å². The number of methoxy groups -OCH3 is 2. The number of allylic oxidation sites excluding steroid dienone is 1. The molecule has 1 aromatic heterocycles. The molecule has 1 amide bonds. The summed E-state index contributed by atoms with van der Waals surface area (Å²) in [5, 5.41) is 3.95. The Labute approximate surface area is 217 Å². The van der Waals surface area contributed by atoms with Gasteiger partial charge in [0.15, 0.2) is 11.5 Å². The molecule has 0 bridgehead atoms. The molecule has 6 nitrogen and oxygen atoms in total. The molecular formula is C31H33NO5. The Morgan fingerprint density at radius 2 is 1.73 bits per heavy atom. The van der Waals surface area contributed by atoms with Crippen LogP contribution in [0.5, 0.6) is 17.2 Å². The van der Waals surface area contributed by atoms with Crippen molar-refractivity contribution in [2.24, 2.45) is 0 Å². The van der Waals surface area contributed by atoms with Crippen LogP contribution in [0.1, 0.15) is 30.5 Å². The Morgan fingerprint density at radius 1 is 0.973 bits per heavy atom. The Morgan fingerprint density at radius 3 is 2.43 bits per heavy atom. The predicted molar refractivity (Wildman–Crippen MR) is 147 cm³/mol. The number of hydrogen-bond donors (Lipinski definition) is 1. The highest BCUT2D eigenvalue weighted by atomic mass is 16.5. The molecule has 37 heavy (non-hydrogen) atoms. The van der Waals surface area contributed by atoms with Crippen molar-refractivity contribution in [1.29, 1.82) is 0 Å². The highest BCUT2D eigenvalue weighted by molar-refractivity contribution is 6.00. The van der Waals surface area contributed by atoms with Crippen LogP contribution in [0.3, 0.4) is 0 Å². The van der Waals surface area contributed by atoms with Crippen molar-refractivity contribution in [3.8, 4) is 28.4 Å². The van der Waals surface area contributed by atoms with Crippen molar-refractivity contribution in [3.05, 3.63) is 83.6 Å². The molecule has 0 saturated carbocycles. The van der Waals surface area contributed by atoms with E-state index in [0.717, 1.165) is 38.8 Å². The molecule has 1 heterocycles. The van der Waals surface area contributed by atoms with E-state index in [4.69, 9.17) is 18.6 Å². The summed E-state index contributed by atoms with van der Waals surface area (Å²) in [7, 11) is 3.22. The quantitative estimate of drug-likeness (QED) is 0.249. The molecule has 6 heteroatoms. The fourth-order valence-electron chi connectivity index (χ4n) is 4.29. The van der Waals surface area contributed by atoms with E-state index in [2.05, 4.69) is 36.5 Å². The lowest BCUT2D eigenvalue weighted by atomic mass is 9.98. The summed E-state index contributed by atoms with van der Waals surface area (Å²) in [6.45, 7) is 6.93. The average Bonchev–Trinajstić information content (AvgIpc) is 3.31. The van der Waals surface area contributed by atoms with Gasteiger partial charge in [0.2, 0.25) is 5.91 Å². The molecule has 0 aliphatic carbocycles. The van der Waals surface area contributed by atoms with Gasteiger partial charge in [-0.15, -0.1) is 0 Å². The third-order valence-electron chi connectivity index (χ3n) is 6.27. The minimum atomic E-state index is -0.161. The van der Waals surface area contributed by atoms with Gasteiger partial charge >= 0.3 is 0 Å². The lowest BCUT2D eigenvalue weighted by molar-refractivity contribution is -0.116. The summed E-state index contributed by atoms with van der Waals surface area (Å²) in [5.74, 6) is 1.88. The summed E-state index contributed by atoms with van der Waals surface area (Å²) >= 11 is 0. The van der Waals surface area contributed by atoms with E-state index in [1.54, 1.807) is 26.6 Å². The Balaban J connectivity index is 1.53. The van der Waals surface area contributed by atoms with Crippen molar-refractivity contribution in [1.82, 2.24) is 5.32 Å². The van der Waals surface area contributed by atoms with Gasteiger partial charge < -0.3 is 23.9 Å². The van der Waals surface area contributed by atoms with Crippen molar-refractivity contribution in [2.75, 3.05) is 27.4 Å². The highest BCUT2D eigenvalue weighted by Crippen LogP contribution is 2.37. The first kappa shape index (κ1) is 25.9. The zero-order valence-corrected chi connectivity index (χ0v) is 22.0. The topological polar surface area (TPSA) is 69.9 Å². The van der Waals surface area contributed by atoms with Crippen molar-refractivity contribution < 1.29 is 23.4 Å². The molecule has 192 valence electrons. The first-order chi connectivity index (χ1) is 17.9. The first-order valence-electron chi connectivity index (χ1n) is 12.4. The van der Waals surface area contributed by atoms with E-state index in [-0.39, 0.29) is 5.91 Å². The Bertz CT molecular complexity index is 1420. The number of hydrogen-bond acceptors (Lipinski definition) is 5. The largest absolute Gasteiger partial charge is 0.493 e. The number of furan rings is 1. The van der Waals surface area contributed by atoms with Gasteiger partial charge in [0.1, 0.15) is 11.3 Å². The standard InChI is InChI=1S/C31H33NO5/c1-6-36-28-18-29-25(26(19-37-29)23-10-7-20(2)8-11-23)17-24(28)21(3)15-31(33)32-14-13-22-9-12-27(34-4)30(16-22)35-5/h7-12,15-19H,6,13-14H2,1-5H3,(H,32,33)/b21-15+. The lowest BCUT2D eigenvalue weighted by Gasteiger charge is -2.12. The van der Waals surface area contributed by atoms with E-state index in [0.29, 0.717) is 36.8 Å². The molecule has 4 rings (SSSR count). The molecule has 0 aliphatic heterocycles. The van der Waals surface area contributed by atoms with Crippen LogP contribution in [0, 0.1) is 6.92 Å². The van der Waals surface area contributed by atoms with Crippen LogP contribution in [0.15, 0.2) is 71.4 Å². The van der Waals surface area contributed by atoms with Crippen LogP contribution in [-0.4, -0.2) is 33.3 Å². The summed E-state index contributed by atoms with van der Waals surface area (Å²) < 4.78 is 22.4. The summed E-state index contributed by atoms with van der Waals surface area (Å²) in [5.41, 5.74) is 6.75. The highest BCUT2D eigenvalue weighted by Gasteiger charge is 2.15. The third kappa shape index (κ3) is 5.97. The van der Waals surface area contributed by atoms with Gasteiger partial charge in [-0.2, -0.15) is 0 Å². The van der Waals surface area contributed by atoms with Crippen molar-refractivity contribution in [2.45, 2.75) is 27.2 Å². The SMILES string of the molecule is CCOc1cc2occ(-c3ccc(C)cc3)c2cc1/C(C)=C/C(=O)NCCc1ccc(OC)c(OC)c1. The molecule has 0 fully saturated rings. The molecule has 0 atom stereocenters. The number of amides is 1. The van der Waals surface area contributed by atoms with Crippen LogP contribution in [0.25, 0.3) is 27.7 Å². The molecule has 0 radical (unpaired) electrons. The van der Waals surface area contributed by atoms with E-state index in [1.807, 2.05) is 44.2 Å². The number of aryl methyl sites for hydroxylation is 1. The third-order valence-corrected chi connectivity index (χ3v) is 6.27. The molecule has 3 aromatic carbocycles. The Kier molecular flexibility index (Phi) is 8.18. The maximum Gasteiger partial charge on any atom is 0.244 e. The second kappa shape index (κ2) is 11.7. The molecule has 0 saturated heterocycles. The second-order valence-electron chi connectivity index (χ2n) is 8.85. The minimum Gasteiger partial charge on any atom is -0.493 e. The number of fused-ring (bicyclic) bond motifs is 1. The van der Waals surface area contributed by atoms with Crippen LogP contribution in [0.2, 0.25) is 0 Å². The number of rotatable bonds is 10. The van der Waals surface area contributed by atoms with Crippen molar-refractivity contribution in [3.63, 3.8) is 0 Å². The number of nitrogens with one attached hydrogen (secondary N) is 1. The second-order valence-corrected chi connectivity index (χ2v) is 8.85. The fraction of sp³-hybridized carbons (Fsp3) is 0.258. The summed E-state index contributed by atoms with van der Waals surface area (Å²) in [6, 6.07) is 18.0. The van der Waals surface area contributed by atoms with Gasteiger partial charge in [0, 0.05) is 35.2 Å². The molecule has 0 aliphatic rings. The van der Waals surface area contributed by atoms with E-state index < -0.39 is 0 Å². The smallest absolute Gasteiger partial charge is 0.244 e. The average molecular weight is 500 g/mol. The predicted octanol–water partition coefficient (Wildman–Crippen LogP) is 6.59. The van der Waals surface area contributed by atoms with Gasteiger partial charge in [-0.25, -0.2) is 0 Å². The minimum absolute atomic E-state index is 0.161. The number of ether oxygens (including phenoxy) is 3. The van der Waals surface area contributed by atoms with Gasteiger partial charge in [-0.05, 0) is 62.1 Å². The zero-order chi connectivity index (χ0) is 26.4. The normalized spacial score (nSPS) is 11.4. The maximum absolute atomic E-state index is 12.8. The number of carbonyl (C=O) groups excluding carboxylic acids is 1. The number of carbonyl (C=O) groups is 1. The first-order valence-corrected chi connectivity index (χ1v) is 12.4. The van der Waals surface area contributed by atoms with Crippen LogP contribution >= 0.6 is 0 Å². The monoisotopic (exact) mass is 499 g/mol. The molecule has 1 N–H and O–H groups in total. The lowest BCUT2D eigenvalue weighted by Crippen LogP contribution is -2.23. The molecule has 0 unspecified atom stereocenters.